The predicted molar refractivity (Wildman–Crippen MR) is 117 cm³/mol. The molecule has 0 saturated carbocycles. The van der Waals surface area contributed by atoms with E-state index in [1.807, 2.05) is 32.0 Å². The van der Waals surface area contributed by atoms with E-state index < -0.39 is 0 Å². The lowest BCUT2D eigenvalue weighted by atomic mass is 10.1. The number of terminal acetylenes is 1. The highest BCUT2D eigenvalue weighted by molar-refractivity contribution is 6.31. The maximum absolute atomic E-state index is 13.0. The van der Waals surface area contributed by atoms with E-state index >= 15 is 0 Å². The average Bonchev–Trinajstić information content (AvgIpc) is 2.66. The largest absolute Gasteiger partial charge is 0.353 e. The van der Waals surface area contributed by atoms with Crippen molar-refractivity contribution in [3.05, 3.63) is 45.2 Å². The molecule has 1 aromatic heterocycles. The molecule has 0 radical (unpaired) electrons. The third-order valence-corrected chi connectivity index (χ3v) is 5.29. The lowest BCUT2D eigenvalue weighted by Crippen LogP contribution is -2.50. The first kappa shape index (κ1) is 21.4. The van der Waals surface area contributed by atoms with E-state index in [2.05, 4.69) is 21.0 Å². The van der Waals surface area contributed by atoms with Gasteiger partial charge in [0.25, 0.3) is 5.56 Å². The summed E-state index contributed by atoms with van der Waals surface area (Å²) in [6, 6.07) is 7.60. The quantitative estimate of drug-likeness (QED) is 0.734. The molecule has 1 amide bonds. The lowest BCUT2D eigenvalue weighted by Gasteiger charge is -2.34. The van der Waals surface area contributed by atoms with E-state index in [4.69, 9.17) is 18.0 Å². The molecule has 2 heterocycles. The average molecular weight is 415 g/mol. The first-order chi connectivity index (χ1) is 13.9. The van der Waals surface area contributed by atoms with Crippen molar-refractivity contribution in [2.45, 2.75) is 33.0 Å². The number of carbonyl (C=O) groups is 1. The van der Waals surface area contributed by atoms with Crippen LogP contribution in [0.3, 0.4) is 0 Å². The van der Waals surface area contributed by atoms with Crippen molar-refractivity contribution in [1.29, 1.82) is 0 Å². The Hall–Kier alpha value is -2.33. The maximum Gasteiger partial charge on any atom is 0.256 e. The molecule has 0 bridgehead atoms. The maximum atomic E-state index is 13.0. The number of nitrogens with zero attached hydrogens (tertiary/aromatic N) is 3. The zero-order chi connectivity index (χ0) is 21.0. The Morgan fingerprint density at radius 1 is 1.21 bits per heavy atom. The zero-order valence-corrected chi connectivity index (χ0v) is 17.7. The summed E-state index contributed by atoms with van der Waals surface area (Å²) >= 11 is 6.11. The third-order valence-electron chi connectivity index (χ3n) is 5.06. The molecule has 1 saturated heterocycles. The Morgan fingerprint density at radius 3 is 2.55 bits per heavy atom. The SMILES string of the molecule is C#CCn1c(=O)c(CN2CCN(CC(=O)NC(C)C)CC2)cc2ccc(Cl)cc21. The fourth-order valence-corrected chi connectivity index (χ4v) is 3.85. The Bertz CT molecular complexity index is 985. The summed E-state index contributed by atoms with van der Waals surface area (Å²) in [6.45, 7) is 8.32. The molecule has 1 aromatic carbocycles. The van der Waals surface area contributed by atoms with Crippen LogP contribution >= 0.6 is 11.6 Å². The van der Waals surface area contributed by atoms with E-state index in [9.17, 15) is 9.59 Å². The van der Waals surface area contributed by atoms with E-state index in [0.29, 0.717) is 18.1 Å². The molecule has 1 fully saturated rings. The number of hydrogen-bond acceptors (Lipinski definition) is 4. The van der Waals surface area contributed by atoms with Gasteiger partial charge < -0.3 is 5.32 Å². The summed E-state index contributed by atoms with van der Waals surface area (Å²) in [5.74, 6) is 2.62. The molecule has 3 rings (SSSR count). The van der Waals surface area contributed by atoms with Gasteiger partial charge in [-0.15, -0.1) is 6.42 Å². The van der Waals surface area contributed by atoms with E-state index in [1.165, 1.54) is 0 Å². The van der Waals surface area contributed by atoms with E-state index in [0.717, 1.165) is 42.6 Å². The Kier molecular flexibility index (Phi) is 6.96. The number of pyridine rings is 1. The number of fused-ring (bicyclic) bond motifs is 1. The number of amides is 1. The van der Waals surface area contributed by atoms with Crippen molar-refractivity contribution in [2.75, 3.05) is 32.7 Å². The number of rotatable bonds is 6. The topological polar surface area (TPSA) is 57.6 Å². The molecule has 0 atom stereocenters. The van der Waals surface area contributed by atoms with Gasteiger partial charge in [-0.1, -0.05) is 23.6 Å². The number of aromatic nitrogens is 1. The van der Waals surface area contributed by atoms with Gasteiger partial charge in [-0.2, -0.15) is 0 Å². The van der Waals surface area contributed by atoms with Crippen LogP contribution in [0.1, 0.15) is 19.4 Å². The van der Waals surface area contributed by atoms with Crippen LogP contribution in [0, 0.1) is 12.3 Å². The molecule has 2 aromatic rings. The van der Waals surface area contributed by atoms with Gasteiger partial charge in [0, 0.05) is 49.4 Å². The second-order valence-electron chi connectivity index (χ2n) is 7.74. The molecular formula is C22H27ClN4O2. The fourth-order valence-electron chi connectivity index (χ4n) is 3.68. The van der Waals surface area contributed by atoms with E-state index in [-0.39, 0.29) is 24.1 Å². The van der Waals surface area contributed by atoms with Crippen LogP contribution in [0.2, 0.25) is 5.02 Å². The molecule has 1 aliphatic rings. The molecule has 0 spiro atoms. The van der Waals surface area contributed by atoms with Crippen molar-refractivity contribution in [3.8, 4) is 12.3 Å². The van der Waals surface area contributed by atoms with Crippen molar-refractivity contribution in [1.82, 2.24) is 19.7 Å². The van der Waals surface area contributed by atoms with Crippen LogP contribution in [0.4, 0.5) is 0 Å². The van der Waals surface area contributed by atoms with Crippen molar-refractivity contribution in [3.63, 3.8) is 0 Å². The first-order valence-electron chi connectivity index (χ1n) is 9.87. The van der Waals surface area contributed by atoms with Crippen LogP contribution in [0.25, 0.3) is 10.9 Å². The monoisotopic (exact) mass is 414 g/mol. The van der Waals surface area contributed by atoms with Gasteiger partial charge in [-0.3, -0.25) is 24.0 Å². The highest BCUT2D eigenvalue weighted by Crippen LogP contribution is 2.20. The highest BCUT2D eigenvalue weighted by Gasteiger charge is 2.20. The number of halogens is 1. The van der Waals surface area contributed by atoms with Crippen LogP contribution in [0.5, 0.6) is 0 Å². The number of hydrogen-bond donors (Lipinski definition) is 1. The van der Waals surface area contributed by atoms with Gasteiger partial charge >= 0.3 is 0 Å². The minimum absolute atomic E-state index is 0.0545. The summed E-state index contributed by atoms with van der Waals surface area (Å²) in [6.07, 6.45) is 5.49. The Balaban J connectivity index is 1.71. The Labute approximate surface area is 176 Å². The summed E-state index contributed by atoms with van der Waals surface area (Å²) in [4.78, 5) is 29.3. The smallest absolute Gasteiger partial charge is 0.256 e. The standard InChI is InChI=1S/C22H27ClN4O2/c1-4-7-27-20-13-19(23)6-5-17(20)12-18(22(27)29)14-25-8-10-26(11-9-25)15-21(28)24-16(2)3/h1,5-6,12-13,16H,7-11,14-15H2,2-3H3,(H,24,28). The minimum Gasteiger partial charge on any atom is -0.353 e. The number of benzene rings is 1. The van der Waals surface area contributed by atoms with E-state index in [1.54, 1.807) is 10.6 Å². The summed E-state index contributed by atoms with van der Waals surface area (Å²) in [7, 11) is 0. The van der Waals surface area contributed by atoms with Gasteiger partial charge in [0.15, 0.2) is 0 Å². The van der Waals surface area contributed by atoms with Crippen LogP contribution in [0.15, 0.2) is 29.1 Å². The molecule has 7 heteroatoms. The number of nitrogens with one attached hydrogen (secondary N) is 1. The lowest BCUT2D eigenvalue weighted by molar-refractivity contribution is -0.123. The molecule has 0 unspecified atom stereocenters. The molecule has 154 valence electrons. The predicted octanol–water partition coefficient (Wildman–Crippen LogP) is 1.93. The first-order valence-corrected chi connectivity index (χ1v) is 10.2. The normalized spacial score (nSPS) is 15.6. The third kappa shape index (κ3) is 5.39. The van der Waals surface area contributed by atoms with Gasteiger partial charge in [0.2, 0.25) is 5.91 Å². The second kappa shape index (κ2) is 9.45. The number of piperazine rings is 1. The Morgan fingerprint density at radius 2 is 1.90 bits per heavy atom. The fraction of sp³-hybridized carbons (Fsp3) is 0.455. The van der Waals surface area contributed by atoms with Crippen LogP contribution < -0.4 is 10.9 Å². The van der Waals surface area contributed by atoms with Crippen molar-refractivity contribution < 1.29 is 4.79 Å². The zero-order valence-electron chi connectivity index (χ0n) is 16.9. The molecule has 1 N–H and O–H groups in total. The van der Waals surface area contributed by atoms with Crippen LogP contribution in [-0.2, 0) is 17.9 Å². The molecule has 6 nitrogen and oxygen atoms in total. The highest BCUT2D eigenvalue weighted by atomic mass is 35.5. The van der Waals surface area contributed by atoms with Gasteiger partial charge in [-0.25, -0.2) is 0 Å². The van der Waals surface area contributed by atoms with Gasteiger partial charge in [0.05, 0.1) is 18.6 Å². The van der Waals surface area contributed by atoms with Crippen molar-refractivity contribution in [2.24, 2.45) is 0 Å². The second-order valence-corrected chi connectivity index (χ2v) is 8.18. The minimum atomic E-state index is -0.0727. The summed E-state index contributed by atoms with van der Waals surface area (Å²) in [5, 5.41) is 4.45. The summed E-state index contributed by atoms with van der Waals surface area (Å²) < 4.78 is 1.61. The molecule has 0 aliphatic carbocycles. The molecule has 1 aliphatic heterocycles. The van der Waals surface area contributed by atoms with Crippen molar-refractivity contribution >= 4 is 28.4 Å². The van der Waals surface area contributed by atoms with Gasteiger partial charge in [-0.05, 0) is 37.4 Å². The van der Waals surface area contributed by atoms with Crippen LogP contribution in [-0.4, -0.2) is 59.0 Å². The molecule has 29 heavy (non-hydrogen) atoms. The summed E-state index contributed by atoms with van der Waals surface area (Å²) in [5.41, 5.74) is 1.41. The molecular weight excluding hydrogens is 388 g/mol. The number of carbonyl (C=O) groups excluding carboxylic acids is 1. The van der Waals surface area contributed by atoms with Gasteiger partial charge in [0.1, 0.15) is 0 Å².